The summed E-state index contributed by atoms with van der Waals surface area (Å²) in [6.07, 6.45) is 2.28. The fourth-order valence-corrected chi connectivity index (χ4v) is 3.24. The highest BCUT2D eigenvalue weighted by Crippen LogP contribution is 2.10. The van der Waals surface area contributed by atoms with Gasteiger partial charge in [-0.05, 0) is 39.3 Å². The molecule has 0 amide bonds. The van der Waals surface area contributed by atoms with Gasteiger partial charge in [0.25, 0.3) is 0 Å². The van der Waals surface area contributed by atoms with E-state index in [1.54, 1.807) is 0 Å². The lowest BCUT2D eigenvalue weighted by Crippen LogP contribution is -2.28. The third kappa shape index (κ3) is 2.86. The van der Waals surface area contributed by atoms with E-state index in [4.69, 9.17) is 0 Å². The van der Waals surface area contributed by atoms with Crippen LogP contribution in [0.4, 0.5) is 0 Å². The number of rotatable bonds is 3. The Bertz CT molecular complexity index is 382. The van der Waals surface area contributed by atoms with Crippen molar-refractivity contribution in [3.63, 3.8) is 0 Å². The molecule has 4 nitrogen and oxygen atoms in total. The number of aryl methyl sites for hydroxylation is 2. The van der Waals surface area contributed by atoms with Crippen LogP contribution in [0.5, 0.6) is 0 Å². The summed E-state index contributed by atoms with van der Waals surface area (Å²) in [4.78, 5) is 8.47. The lowest BCUT2D eigenvalue weighted by molar-refractivity contribution is 0.637. The van der Waals surface area contributed by atoms with Crippen LogP contribution in [0.15, 0.2) is 11.2 Å². The van der Waals surface area contributed by atoms with Crippen LogP contribution in [-0.2, 0) is 10.8 Å². The molecule has 1 N–H and O–H groups in total. The third-order valence-electron chi connectivity index (χ3n) is 2.68. The Kier molecular flexibility index (Phi) is 3.66. The first-order valence-corrected chi connectivity index (χ1v) is 6.91. The van der Waals surface area contributed by atoms with Crippen molar-refractivity contribution >= 4 is 10.8 Å². The van der Waals surface area contributed by atoms with Gasteiger partial charge in [-0.2, -0.15) is 0 Å². The molecule has 0 aromatic carbocycles. The molecule has 2 heterocycles. The first kappa shape index (κ1) is 11.7. The lowest BCUT2D eigenvalue weighted by atomic mass is 10.3. The van der Waals surface area contributed by atoms with Crippen LogP contribution in [0.3, 0.4) is 0 Å². The van der Waals surface area contributed by atoms with E-state index >= 15 is 0 Å². The van der Waals surface area contributed by atoms with Gasteiger partial charge in [0, 0.05) is 23.2 Å². The van der Waals surface area contributed by atoms with Gasteiger partial charge in [0.15, 0.2) is 0 Å². The Morgan fingerprint density at radius 3 is 2.69 bits per heavy atom. The predicted octanol–water partition coefficient (Wildman–Crippen LogP) is 0.953. The number of aromatic nitrogens is 2. The second kappa shape index (κ2) is 5.01. The van der Waals surface area contributed by atoms with Crippen molar-refractivity contribution in [2.75, 3.05) is 12.3 Å². The summed E-state index contributed by atoms with van der Waals surface area (Å²) >= 11 is 0. The number of hydrogen-bond donors (Lipinski definition) is 1. The fourth-order valence-electron chi connectivity index (χ4n) is 1.95. The SMILES string of the molecule is Cc1cc(C)nc([S@](=O)C[C@@H]2CCCN2)n1. The molecule has 1 saturated heterocycles. The smallest absolute Gasteiger partial charge is 0.218 e. The van der Waals surface area contributed by atoms with E-state index in [-0.39, 0.29) is 0 Å². The Balaban J connectivity index is 2.07. The predicted molar refractivity (Wildman–Crippen MR) is 63.8 cm³/mol. The second-order valence-electron chi connectivity index (χ2n) is 4.24. The molecule has 1 fully saturated rings. The molecule has 16 heavy (non-hydrogen) atoms. The highest BCUT2D eigenvalue weighted by Gasteiger charge is 2.19. The van der Waals surface area contributed by atoms with Crippen LogP contribution in [0, 0.1) is 13.8 Å². The van der Waals surface area contributed by atoms with Gasteiger partial charge in [-0.3, -0.25) is 4.21 Å². The molecule has 5 heteroatoms. The van der Waals surface area contributed by atoms with Gasteiger partial charge in [-0.1, -0.05) is 0 Å². The maximum Gasteiger partial charge on any atom is 0.218 e. The number of hydrogen-bond acceptors (Lipinski definition) is 4. The molecule has 0 aliphatic carbocycles. The van der Waals surface area contributed by atoms with Crippen molar-refractivity contribution in [2.45, 2.75) is 37.9 Å². The largest absolute Gasteiger partial charge is 0.313 e. The maximum atomic E-state index is 12.1. The van der Waals surface area contributed by atoms with E-state index in [1.165, 1.54) is 6.42 Å². The summed E-state index contributed by atoms with van der Waals surface area (Å²) in [5, 5.41) is 3.82. The lowest BCUT2D eigenvalue weighted by Gasteiger charge is -2.09. The molecule has 0 radical (unpaired) electrons. The monoisotopic (exact) mass is 239 g/mol. The van der Waals surface area contributed by atoms with Gasteiger partial charge in [-0.15, -0.1) is 0 Å². The van der Waals surface area contributed by atoms with Crippen molar-refractivity contribution in [3.8, 4) is 0 Å². The van der Waals surface area contributed by atoms with Crippen molar-refractivity contribution in [1.82, 2.24) is 15.3 Å². The molecule has 1 aliphatic heterocycles. The molecule has 1 aliphatic rings. The van der Waals surface area contributed by atoms with Crippen LogP contribution < -0.4 is 5.32 Å². The first-order chi connectivity index (χ1) is 7.65. The van der Waals surface area contributed by atoms with E-state index in [9.17, 15) is 4.21 Å². The Hall–Kier alpha value is -0.810. The van der Waals surface area contributed by atoms with Crippen LogP contribution >= 0.6 is 0 Å². The molecule has 0 bridgehead atoms. The quantitative estimate of drug-likeness (QED) is 0.798. The van der Waals surface area contributed by atoms with Gasteiger partial charge < -0.3 is 5.32 Å². The highest BCUT2D eigenvalue weighted by atomic mass is 32.2. The van der Waals surface area contributed by atoms with Crippen molar-refractivity contribution in [2.24, 2.45) is 0 Å². The molecule has 0 saturated carbocycles. The van der Waals surface area contributed by atoms with E-state index in [1.807, 2.05) is 19.9 Å². The van der Waals surface area contributed by atoms with Crippen LogP contribution in [0.2, 0.25) is 0 Å². The molecule has 2 rings (SSSR count). The van der Waals surface area contributed by atoms with Crippen LogP contribution in [0.1, 0.15) is 24.2 Å². The first-order valence-electron chi connectivity index (χ1n) is 5.59. The van der Waals surface area contributed by atoms with Gasteiger partial charge >= 0.3 is 0 Å². The molecule has 0 spiro atoms. The molecular formula is C11H17N3OS. The standard InChI is InChI=1S/C11H17N3OS/c1-8-6-9(2)14-11(13-8)16(15)7-10-4-3-5-12-10/h6,10,12H,3-5,7H2,1-2H3/t10-,16+/m0/s1. The summed E-state index contributed by atoms with van der Waals surface area (Å²) in [5.74, 6) is 0.628. The number of nitrogens with one attached hydrogen (secondary N) is 1. The summed E-state index contributed by atoms with van der Waals surface area (Å²) in [5.41, 5.74) is 1.77. The average Bonchev–Trinajstić information content (AvgIpc) is 2.68. The van der Waals surface area contributed by atoms with Gasteiger partial charge in [0.2, 0.25) is 5.16 Å². The van der Waals surface area contributed by atoms with E-state index in [0.29, 0.717) is 17.0 Å². The zero-order chi connectivity index (χ0) is 11.5. The van der Waals surface area contributed by atoms with E-state index < -0.39 is 10.8 Å². The molecule has 88 valence electrons. The summed E-state index contributed by atoms with van der Waals surface area (Å²) in [6.45, 7) is 4.85. The molecular weight excluding hydrogens is 222 g/mol. The van der Waals surface area contributed by atoms with Gasteiger partial charge in [-0.25, -0.2) is 9.97 Å². The Labute approximate surface area is 98.3 Å². The minimum absolute atomic E-state index is 0.366. The summed E-state index contributed by atoms with van der Waals surface area (Å²) < 4.78 is 12.1. The van der Waals surface area contributed by atoms with Crippen molar-refractivity contribution in [3.05, 3.63) is 17.5 Å². The van der Waals surface area contributed by atoms with Crippen molar-refractivity contribution in [1.29, 1.82) is 0 Å². The van der Waals surface area contributed by atoms with Gasteiger partial charge in [0.1, 0.15) is 0 Å². The third-order valence-corrected chi connectivity index (χ3v) is 3.98. The Morgan fingerprint density at radius 2 is 2.12 bits per heavy atom. The zero-order valence-electron chi connectivity index (χ0n) is 9.69. The highest BCUT2D eigenvalue weighted by molar-refractivity contribution is 7.84. The van der Waals surface area contributed by atoms with Crippen molar-refractivity contribution < 1.29 is 4.21 Å². The molecule has 1 aromatic heterocycles. The van der Waals surface area contributed by atoms with E-state index in [2.05, 4.69) is 15.3 Å². The topological polar surface area (TPSA) is 54.9 Å². The average molecular weight is 239 g/mol. The van der Waals surface area contributed by atoms with Gasteiger partial charge in [0.05, 0.1) is 10.8 Å². The number of nitrogens with zero attached hydrogens (tertiary/aromatic N) is 2. The second-order valence-corrected chi connectivity index (χ2v) is 5.63. The normalized spacial score (nSPS) is 22.2. The minimum atomic E-state index is -1.08. The minimum Gasteiger partial charge on any atom is -0.313 e. The zero-order valence-corrected chi connectivity index (χ0v) is 10.5. The fraction of sp³-hybridized carbons (Fsp3) is 0.636. The van der Waals surface area contributed by atoms with E-state index in [0.717, 1.165) is 24.4 Å². The van der Waals surface area contributed by atoms with Crippen LogP contribution in [-0.4, -0.2) is 32.5 Å². The van der Waals surface area contributed by atoms with Crippen LogP contribution in [0.25, 0.3) is 0 Å². The summed E-state index contributed by atoms with van der Waals surface area (Å²) in [6, 6.07) is 2.26. The Morgan fingerprint density at radius 1 is 1.44 bits per heavy atom. The molecule has 2 atom stereocenters. The molecule has 1 aromatic rings. The summed E-state index contributed by atoms with van der Waals surface area (Å²) in [7, 11) is -1.08. The molecule has 0 unspecified atom stereocenters. The maximum absolute atomic E-state index is 12.1.